The maximum Gasteiger partial charge on any atom is 0.250 e. The topological polar surface area (TPSA) is 72.2 Å². The van der Waals surface area contributed by atoms with Crippen LogP contribution < -0.4 is 4.72 Å². The second-order valence-corrected chi connectivity index (χ2v) is 9.35. The van der Waals surface area contributed by atoms with E-state index in [0.717, 1.165) is 34.7 Å². The molecule has 0 saturated heterocycles. The van der Waals surface area contributed by atoms with Crippen molar-refractivity contribution in [2.24, 2.45) is 0 Å². The Bertz CT molecular complexity index is 1000. The molecule has 4 rings (SSSR count). The van der Waals surface area contributed by atoms with Gasteiger partial charge in [0.05, 0.1) is 11.1 Å². The lowest BCUT2D eigenvalue weighted by molar-refractivity contribution is 0.510. The van der Waals surface area contributed by atoms with Gasteiger partial charge in [0, 0.05) is 12.5 Å². The third-order valence-corrected chi connectivity index (χ3v) is 7.08. The molecule has 1 N–H and O–H groups in total. The maximum atomic E-state index is 12.5. The zero-order valence-corrected chi connectivity index (χ0v) is 15.4. The second kappa shape index (κ2) is 6.40. The summed E-state index contributed by atoms with van der Waals surface area (Å²) in [5, 5.41) is 0. The molecule has 0 atom stereocenters. The largest absolute Gasteiger partial charge is 0.440 e. The number of hydrogen-bond acceptors (Lipinski definition) is 5. The average Bonchev–Trinajstić information content (AvgIpc) is 3.11. The minimum absolute atomic E-state index is 0.269. The Labute approximate surface area is 150 Å². The Balaban J connectivity index is 1.49. The molecular weight excluding hydrogens is 356 g/mol. The van der Waals surface area contributed by atoms with Crippen LogP contribution in [0, 0.1) is 6.92 Å². The molecule has 0 radical (unpaired) electrons. The number of nitrogens with one attached hydrogen (secondary N) is 1. The summed E-state index contributed by atoms with van der Waals surface area (Å²) in [5.41, 5.74) is 2.04. The van der Waals surface area contributed by atoms with Gasteiger partial charge in [-0.05, 0) is 37.5 Å². The number of oxazole rings is 1. The molecule has 0 unspecified atom stereocenters. The molecule has 130 valence electrons. The molecule has 1 saturated carbocycles. The molecule has 3 aromatic rings. The lowest BCUT2D eigenvalue weighted by atomic mass is 10.1. The summed E-state index contributed by atoms with van der Waals surface area (Å²) >= 11 is 1.19. The van der Waals surface area contributed by atoms with Crippen LogP contribution in [0.1, 0.15) is 35.8 Å². The van der Waals surface area contributed by atoms with E-state index >= 15 is 0 Å². The van der Waals surface area contributed by atoms with Crippen molar-refractivity contribution in [3.05, 3.63) is 59.6 Å². The molecule has 2 aromatic heterocycles. The van der Waals surface area contributed by atoms with Crippen LogP contribution in [0.15, 0.2) is 51.2 Å². The van der Waals surface area contributed by atoms with Gasteiger partial charge in [0.25, 0.3) is 0 Å². The van der Waals surface area contributed by atoms with Crippen molar-refractivity contribution in [2.75, 3.05) is 0 Å². The molecule has 25 heavy (non-hydrogen) atoms. The number of thiophene rings is 1. The van der Waals surface area contributed by atoms with Crippen molar-refractivity contribution >= 4 is 21.4 Å². The Morgan fingerprint density at radius 3 is 2.88 bits per heavy atom. The van der Waals surface area contributed by atoms with Gasteiger partial charge >= 0.3 is 0 Å². The first kappa shape index (κ1) is 16.5. The molecule has 0 spiro atoms. The third kappa shape index (κ3) is 3.68. The summed E-state index contributed by atoms with van der Waals surface area (Å²) in [6.07, 6.45) is 3.91. The molecule has 0 amide bonds. The molecule has 0 bridgehead atoms. The van der Waals surface area contributed by atoms with Crippen molar-refractivity contribution in [3.63, 3.8) is 0 Å². The van der Waals surface area contributed by atoms with Gasteiger partial charge in [0.1, 0.15) is 4.21 Å². The van der Waals surface area contributed by atoms with Gasteiger partial charge in [-0.3, -0.25) is 0 Å². The third-order valence-electron chi connectivity index (χ3n) is 4.09. The minimum atomic E-state index is -3.55. The highest BCUT2D eigenvalue weighted by atomic mass is 32.2. The summed E-state index contributed by atoms with van der Waals surface area (Å²) in [6, 6.07) is 11.2. The zero-order valence-electron chi connectivity index (χ0n) is 13.7. The first-order chi connectivity index (χ1) is 12.0. The van der Waals surface area contributed by atoms with E-state index < -0.39 is 10.0 Å². The first-order valence-electron chi connectivity index (χ1n) is 8.12. The number of rotatable bonds is 6. The van der Waals surface area contributed by atoms with Crippen molar-refractivity contribution in [1.29, 1.82) is 0 Å². The average molecular weight is 374 g/mol. The quantitative estimate of drug-likeness (QED) is 0.706. The Morgan fingerprint density at radius 1 is 1.28 bits per heavy atom. The van der Waals surface area contributed by atoms with Crippen LogP contribution in [0.3, 0.4) is 0 Å². The molecular formula is C18H18N2O3S2. The normalized spacial score (nSPS) is 14.8. The van der Waals surface area contributed by atoms with Gasteiger partial charge in [-0.1, -0.05) is 29.8 Å². The summed E-state index contributed by atoms with van der Waals surface area (Å²) < 4.78 is 33.7. The molecule has 2 heterocycles. The highest BCUT2D eigenvalue weighted by Gasteiger charge is 2.29. The van der Waals surface area contributed by atoms with Gasteiger partial charge < -0.3 is 4.42 Å². The Morgan fingerprint density at radius 2 is 2.12 bits per heavy atom. The number of nitrogens with zero attached hydrogens (tertiary/aromatic N) is 1. The van der Waals surface area contributed by atoms with Gasteiger partial charge in [-0.25, -0.2) is 18.1 Å². The second-order valence-electron chi connectivity index (χ2n) is 6.27. The predicted molar refractivity (Wildman–Crippen MR) is 97.0 cm³/mol. The minimum Gasteiger partial charge on any atom is -0.440 e. The van der Waals surface area contributed by atoms with Crippen molar-refractivity contribution in [3.8, 4) is 10.6 Å². The molecule has 0 aliphatic heterocycles. The van der Waals surface area contributed by atoms with Crippen LogP contribution in [0.4, 0.5) is 0 Å². The van der Waals surface area contributed by atoms with E-state index in [4.69, 9.17) is 4.42 Å². The highest BCUT2D eigenvalue weighted by molar-refractivity contribution is 7.91. The van der Waals surface area contributed by atoms with Gasteiger partial charge in [0.2, 0.25) is 10.0 Å². The maximum absolute atomic E-state index is 12.5. The van der Waals surface area contributed by atoms with Crippen LogP contribution in [0.2, 0.25) is 0 Å². The summed E-state index contributed by atoms with van der Waals surface area (Å²) in [7, 11) is -3.55. The van der Waals surface area contributed by atoms with Gasteiger partial charge in [-0.15, -0.1) is 11.3 Å². The fraction of sp³-hybridized carbons (Fsp3) is 0.278. The number of sulfonamides is 1. The van der Waals surface area contributed by atoms with Crippen molar-refractivity contribution in [1.82, 2.24) is 9.71 Å². The molecule has 5 nitrogen and oxygen atoms in total. The number of aromatic nitrogens is 1. The fourth-order valence-electron chi connectivity index (χ4n) is 2.59. The lowest BCUT2D eigenvalue weighted by Crippen LogP contribution is -2.22. The highest BCUT2D eigenvalue weighted by Crippen LogP contribution is 2.41. The summed E-state index contributed by atoms with van der Waals surface area (Å²) in [4.78, 5) is 5.06. The Kier molecular flexibility index (Phi) is 4.23. The van der Waals surface area contributed by atoms with E-state index in [2.05, 4.69) is 9.71 Å². The Hall–Kier alpha value is -1.96. The number of benzene rings is 1. The summed E-state index contributed by atoms with van der Waals surface area (Å²) in [5.74, 6) is 1.82. The van der Waals surface area contributed by atoms with E-state index in [1.807, 2.05) is 31.2 Å². The molecule has 1 aromatic carbocycles. The van der Waals surface area contributed by atoms with Crippen LogP contribution in [0.25, 0.3) is 10.6 Å². The predicted octanol–water partition coefficient (Wildman–Crippen LogP) is 4.07. The molecule has 1 fully saturated rings. The standard InChI is InChI=1S/C18H18N2O3S2/c1-12-3-2-4-13(9-12)10-20-25(21,22)17-8-7-16(24-17)15-11-19-18(23-15)14-5-6-14/h2-4,7-9,11,14,20H,5-6,10H2,1H3. The number of hydrogen-bond donors (Lipinski definition) is 1. The van der Waals surface area contributed by atoms with Crippen molar-refractivity contribution < 1.29 is 12.8 Å². The van der Waals surface area contributed by atoms with Crippen LogP contribution in [-0.2, 0) is 16.6 Å². The SMILES string of the molecule is Cc1cccc(CNS(=O)(=O)c2ccc(-c3cnc(C4CC4)o3)s2)c1. The van der Waals surface area contributed by atoms with E-state index in [0.29, 0.717) is 11.7 Å². The lowest BCUT2D eigenvalue weighted by Gasteiger charge is -2.05. The van der Waals surface area contributed by atoms with Crippen LogP contribution in [-0.4, -0.2) is 13.4 Å². The van der Waals surface area contributed by atoms with Crippen LogP contribution >= 0.6 is 11.3 Å². The van der Waals surface area contributed by atoms with Gasteiger partial charge in [-0.2, -0.15) is 0 Å². The van der Waals surface area contributed by atoms with E-state index in [9.17, 15) is 8.42 Å². The molecule has 7 heteroatoms. The van der Waals surface area contributed by atoms with E-state index in [1.165, 1.54) is 11.3 Å². The number of aryl methyl sites for hydroxylation is 1. The fourth-order valence-corrected chi connectivity index (χ4v) is 4.90. The first-order valence-corrected chi connectivity index (χ1v) is 10.4. The van der Waals surface area contributed by atoms with Crippen molar-refractivity contribution in [2.45, 2.75) is 36.4 Å². The van der Waals surface area contributed by atoms with Gasteiger partial charge in [0.15, 0.2) is 11.7 Å². The zero-order chi connectivity index (χ0) is 17.4. The van der Waals surface area contributed by atoms with E-state index in [1.54, 1.807) is 18.3 Å². The molecule has 1 aliphatic rings. The smallest absolute Gasteiger partial charge is 0.250 e. The summed E-state index contributed by atoms with van der Waals surface area (Å²) in [6.45, 7) is 2.25. The van der Waals surface area contributed by atoms with E-state index in [-0.39, 0.29) is 10.8 Å². The van der Waals surface area contributed by atoms with Crippen LogP contribution in [0.5, 0.6) is 0 Å². The molecule has 1 aliphatic carbocycles. The monoisotopic (exact) mass is 374 g/mol.